The van der Waals surface area contributed by atoms with E-state index in [1.165, 1.54) is 0 Å². The van der Waals surface area contributed by atoms with Crippen molar-refractivity contribution in [3.63, 3.8) is 0 Å². The van der Waals surface area contributed by atoms with Gasteiger partial charge >= 0.3 is 0 Å². The number of aliphatic imine (C=N–C) groups is 1. The minimum atomic E-state index is -0.398. The number of hydrogen-bond donors (Lipinski definition) is 2. The number of nitrogens with zero attached hydrogens (tertiary/aromatic N) is 2. The maximum atomic E-state index is 12.5. The molecule has 0 bridgehead atoms. The Labute approximate surface area is 122 Å². The van der Waals surface area contributed by atoms with E-state index in [1.807, 2.05) is 24.3 Å². The fraction of sp³-hybridized carbons (Fsp3) is 0.400. The maximum absolute atomic E-state index is 12.5. The van der Waals surface area contributed by atoms with Crippen molar-refractivity contribution >= 4 is 17.8 Å². The van der Waals surface area contributed by atoms with Crippen LogP contribution in [0, 0.1) is 5.92 Å². The predicted octanol–water partition coefficient (Wildman–Crippen LogP) is 0.784. The van der Waals surface area contributed by atoms with E-state index >= 15 is 0 Å². The summed E-state index contributed by atoms with van der Waals surface area (Å²) < 4.78 is 0. The Kier molecular flexibility index (Phi) is 3.37. The lowest BCUT2D eigenvalue weighted by Gasteiger charge is -2.24. The summed E-state index contributed by atoms with van der Waals surface area (Å²) in [4.78, 5) is 29.7. The molecule has 0 spiro atoms. The van der Waals surface area contributed by atoms with E-state index in [4.69, 9.17) is 11.5 Å². The molecule has 1 heterocycles. The Morgan fingerprint density at radius 3 is 2.67 bits per heavy atom. The molecular weight excluding hydrogens is 268 g/mol. The van der Waals surface area contributed by atoms with Gasteiger partial charge in [0.1, 0.15) is 0 Å². The highest BCUT2D eigenvalue weighted by molar-refractivity contribution is 6.00. The molecule has 0 aromatic heterocycles. The highest BCUT2D eigenvalue weighted by Gasteiger charge is 2.40. The van der Waals surface area contributed by atoms with Crippen LogP contribution in [0.1, 0.15) is 41.2 Å². The van der Waals surface area contributed by atoms with Crippen LogP contribution >= 0.6 is 0 Å². The topological polar surface area (TPSA) is 102 Å². The number of benzene rings is 1. The normalized spacial score (nSPS) is 20.3. The highest BCUT2D eigenvalue weighted by Crippen LogP contribution is 2.40. The molecule has 1 aromatic carbocycles. The molecular formula is C15H18N4O2. The van der Waals surface area contributed by atoms with Crippen LogP contribution in [0.4, 0.5) is 0 Å². The Hall–Kier alpha value is -2.37. The van der Waals surface area contributed by atoms with E-state index in [0.717, 1.165) is 18.4 Å². The van der Waals surface area contributed by atoms with Crippen molar-refractivity contribution in [3.8, 4) is 0 Å². The van der Waals surface area contributed by atoms with Crippen LogP contribution < -0.4 is 11.5 Å². The molecule has 1 unspecified atom stereocenters. The molecule has 1 saturated carbocycles. The smallest absolute Gasteiger partial charge is 0.254 e. The first-order valence-corrected chi connectivity index (χ1v) is 7.08. The molecule has 0 saturated heterocycles. The van der Waals surface area contributed by atoms with Crippen LogP contribution in [0.15, 0.2) is 29.3 Å². The largest absolute Gasteiger partial charge is 0.370 e. The molecule has 1 atom stereocenters. The molecule has 0 radical (unpaired) electrons. The standard InChI is InChI=1S/C15H18N4O2/c16-15(17)18-13(20)7-12-10-3-1-2-4-11(10)14(21)19(12)8-9-5-6-9/h1-4,9,12H,5-8H2,(H4,16,17,18,20). The first kappa shape index (κ1) is 13.6. The first-order chi connectivity index (χ1) is 10.1. The van der Waals surface area contributed by atoms with Gasteiger partial charge in [-0.3, -0.25) is 9.59 Å². The minimum Gasteiger partial charge on any atom is -0.370 e. The van der Waals surface area contributed by atoms with Crippen molar-refractivity contribution in [1.29, 1.82) is 0 Å². The Morgan fingerprint density at radius 1 is 1.29 bits per heavy atom. The summed E-state index contributed by atoms with van der Waals surface area (Å²) in [7, 11) is 0. The van der Waals surface area contributed by atoms with Gasteiger partial charge in [-0.25, -0.2) is 0 Å². The van der Waals surface area contributed by atoms with E-state index in [9.17, 15) is 9.59 Å². The van der Waals surface area contributed by atoms with Crippen LogP contribution in [-0.2, 0) is 4.79 Å². The summed E-state index contributed by atoms with van der Waals surface area (Å²) in [5.41, 5.74) is 12.1. The lowest BCUT2D eigenvalue weighted by Crippen LogP contribution is -2.32. The lowest BCUT2D eigenvalue weighted by molar-refractivity contribution is -0.118. The Morgan fingerprint density at radius 2 is 2.00 bits per heavy atom. The fourth-order valence-electron chi connectivity index (χ4n) is 2.81. The third kappa shape index (κ3) is 2.74. The van der Waals surface area contributed by atoms with Crippen LogP contribution in [-0.4, -0.2) is 29.2 Å². The summed E-state index contributed by atoms with van der Waals surface area (Å²) >= 11 is 0. The van der Waals surface area contributed by atoms with E-state index in [-0.39, 0.29) is 24.3 Å². The van der Waals surface area contributed by atoms with Gasteiger partial charge in [0.15, 0.2) is 5.96 Å². The number of carbonyl (C=O) groups excluding carboxylic acids is 2. The van der Waals surface area contributed by atoms with Gasteiger partial charge in [-0.05, 0) is 30.4 Å². The number of fused-ring (bicyclic) bond motifs is 1. The van der Waals surface area contributed by atoms with Crippen molar-refractivity contribution in [2.45, 2.75) is 25.3 Å². The molecule has 21 heavy (non-hydrogen) atoms. The van der Waals surface area contributed by atoms with Gasteiger partial charge in [-0.1, -0.05) is 18.2 Å². The molecule has 1 aromatic rings. The summed E-state index contributed by atoms with van der Waals surface area (Å²) in [6.45, 7) is 0.702. The van der Waals surface area contributed by atoms with Gasteiger partial charge in [-0.2, -0.15) is 4.99 Å². The van der Waals surface area contributed by atoms with Crippen molar-refractivity contribution in [1.82, 2.24) is 4.90 Å². The average Bonchev–Trinajstić information content (AvgIpc) is 3.21. The van der Waals surface area contributed by atoms with E-state index in [0.29, 0.717) is 18.0 Å². The zero-order chi connectivity index (χ0) is 15.0. The van der Waals surface area contributed by atoms with Crippen molar-refractivity contribution in [2.24, 2.45) is 22.4 Å². The molecule has 1 aliphatic heterocycles. The van der Waals surface area contributed by atoms with E-state index in [1.54, 1.807) is 4.90 Å². The molecule has 110 valence electrons. The summed E-state index contributed by atoms with van der Waals surface area (Å²) in [6.07, 6.45) is 2.41. The summed E-state index contributed by atoms with van der Waals surface area (Å²) in [6, 6.07) is 7.16. The minimum absolute atomic E-state index is 0.000000000000000222. The van der Waals surface area contributed by atoms with Crippen LogP contribution in [0.5, 0.6) is 0 Å². The highest BCUT2D eigenvalue weighted by atomic mass is 16.2. The zero-order valence-corrected chi connectivity index (χ0v) is 11.7. The molecule has 1 fully saturated rings. The number of rotatable bonds is 4. The average molecular weight is 286 g/mol. The number of amides is 2. The van der Waals surface area contributed by atoms with Gasteiger partial charge in [0.05, 0.1) is 12.5 Å². The molecule has 2 aliphatic rings. The first-order valence-electron chi connectivity index (χ1n) is 7.08. The number of nitrogens with two attached hydrogens (primary N) is 2. The van der Waals surface area contributed by atoms with Gasteiger partial charge in [0, 0.05) is 12.1 Å². The van der Waals surface area contributed by atoms with E-state index < -0.39 is 5.91 Å². The maximum Gasteiger partial charge on any atom is 0.254 e. The number of carbonyl (C=O) groups is 2. The second-order valence-corrected chi connectivity index (χ2v) is 5.64. The zero-order valence-electron chi connectivity index (χ0n) is 11.7. The van der Waals surface area contributed by atoms with Gasteiger partial charge < -0.3 is 16.4 Å². The molecule has 4 N–H and O–H groups in total. The Bertz CT molecular complexity index is 618. The van der Waals surface area contributed by atoms with Gasteiger partial charge in [0.25, 0.3) is 11.8 Å². The van der Waals surface area contributed by atoms with Crippen LogP contribution in [0.3, 0.4) is 0 Å². The van der Waals surface area contributed by atoms with Crippen molar-refractivity contribution in [3.05, 3.63) is 35.4 Å². The number of hydrogen-bond acceptors (Lipinski definition) is 2. The molecule has 1 aliphatic carbocycles. The van der Waals surface area contributed by atoms with Gasteiger partial charge in [-0.15, -0.1) is 0 Å². The number of guanidine groups is 1. The molecule has 6 heteroatoms. The van der Waals surface area contributed by atoms with E-state index in [2.05, 4.69) is 4.99 Å². The molecule has 3 rings (SSSR count). The summed E-state index contributed by atoms with van der Waals surface area (Å²) in [5, 5.41) is 0. The monoisotopic (exact) mass is 286 g/mol. The Balaban J connectivity index is 1.87. The van der Waals surface area contributed by atoms with Gasteiger partial charge in [0.2, 0.25) is 0 Å². The molecule has 2 amide bonds. The second kappa shape index (κ2) is 5.20. The lowest BCUT2D eigenvalue weighted by atomic mass is 10.0. The van der Waals surface area contributed by atoms with Crippen molar-refractivity contribution in [2.75, 3.05) is 6.54 Å². The second-order valence-electron chi connectivity index (χ2n) is 5.64. The third-order valence-electron chi connectivity index (χ3n) is 3.96. The van der Waals surface area contributed by atoms with Crippen LogP contribution in [0.2, 0.25) is 0 Å². The predicted molar refractivity (Wildman–Crippen MR) is 78.4 cm³/mol. The SMILES string of the molecule is NC(N)=NC(=O)CC1c2ccccc2C(=O)N1CC1CC1. The van der Waals surface area contributed by atoms with Crippen LogP contribution in [0.25, 0.3) is 0 Å². The van der Waals surface area contributed by atoms with Crippen molar-refractivity contribution < 1.29 is 9.59 Å². The molecule has 6 nitrogen and oxygen atoms in total. The quantitative estimate of drug-likeness (QED) is 0.631. The third-order valence-corrected chi connectivity index (χ3v) is 3.96. The fourth-order valence-corrected chi connectivity index (χ4v) is 2.81. The summed E-state index contributed by atoms with van der Waals surface area (Å²) in [5.74, 6) is -0.0828.